The van der Waals surface area contributed by atoms with Crippen molar-refractivity contribution in [2.24, 2.45) is 4.99 Å². The topological polar surface area (TPSA) is 24.4 Å². The zero-order valence-electron chi connectivity index (χ0n) is 6.68. The van der Waals surface area contributed by atoms with Crippen LogP contribution in [0.25, 0.3) is 0 Å². The fourth-order valence-electron chi connectivity index (χ4n) is 1.44. The van der Waals surface area contributed by atoms with E-state index in [0.717, 1.165) is 13.0 Å². The minimum atomic E-state index is 0.677. The second-order valence-corrected chi connectivity index (χ2v) is 3.09. The molecule has 11 heavy (non-hydrogen) atoms. The summed E-state index contributed by atoms with van der Waals surface area (Å²) < 4.78 is 0. The SMILES string of the molecule is S=C=NCCC1CCCCN1. The summed E-state index contributed by atoms with van der Waals surface area (Å²) in [6.45, 7) is 2.01. The normalized spacial score (nSPS) is 24.2. The first kappa shape index (κ1) is 8.85. The van der Waals surface area contributed by atoms with Gasteiger partial charge < -0.3 is 5.32 Å². The van der Waals surface area contributed by atoms with Crippen molar-refractivity contribution >= 4 is 17.4 Å². The zero-order chi connectivity index (χ0) is 7.94. The smallest absolute Gasteiger partial charge is 0.0584 e. The highest BCUT2D eigenvalue weighted by atomic mass is 32.1. The molecule has 0 aliphatic carbocycles. The molecule has 3 heteroatoms. The van der Waals surface area contributed by atoms with Crippen LogP contribution in [0.4, 0.5) is 0 Å². The molecule has 0 radical (unpaired) electrons. The summed E-state index contributed by atoms with van der Waals surface area (Å²) in [6.07, 6.45) is 5.10. The van der Waals surface area contributed by atoms with Crippen LogP contribution in [0, 0.1) is 0 Å². The minimum absolute atomic E-state index is 0.677. The first-order valence-corrected chi connectivity index (χ1v) is 4.61. The van der Waals surface area contributed by atoms with Crippen LogP contribution in [0.15, 0.2) is 4.99 Å². The van der Waals surface area contributed by atoms with E-state index in [9.17, 15) is 0 Å². The van der Waals surface area contributed by atoms with Gasteiger partial charge in [0.2, 0.25) is 0 Å². The van der Waals surface area contributed by atoms with Crippen LogP contribution in [0.5, 0.6) is 0 Å². The Labute approximate surface area is 73.1 Å². The summed E-state index contributed by atoms with van der Waals surface area (Å²) >= 11 is 4.48. The first-order chi connectivity index (χ1) is 5.43. The molecule has 1 fully saturated rings. The number of piperidine rings is 1. The van der Waals surface area contributed by atoms with Crippen LogP contribution in [0.2, 0.25) is 0 Å². The zero-order valence-corrected chi connectivity index (χ0v) is 7.49. The van der Waals surface area contributed by atoms with Crippen molar-refractivity contribution in [3.63, 3.8) is 0 Å². The molecule has 0 bridgehead atoms. The highest BCUT2D eigenvalue weighted by Gasteiger charge is 2.10. The lowest BCUT2D eigenvalue weighted by molar-refractivity contribution is 0.386. The number of rotatable bonds is 3. The number of thiocarbonyl (C=S) groups is 1. The Morgan fingerprint density at radius 1 is 1.55 bits per heavy atom. The molecule has 0 aromatic carbocycles. The number of hydrogen-bond acceptors (Lipinski definition) is 3. The number of isothiocyanates is 1. The summed E-state index contributed by atoms with van der Waals surface area (Å²) in [7, 11) is 0. The molecular weight excluding hydrogens is 156 g/mol. The van der Waals surface area contributed by atoms with Crippen LogP contribution < -0.4 is 5.32 Å². The van der Waals surface area contributed by atoms with Crippen molar-refractivity contribution in [3.05, 3.63) is 0 Å². The molecule has 0 aromatic heterocycles. The maximum atomic E-state index is 4.48. The maximum absolute atomic E-state index is 4.48. The lowest BCUT2D eigenvalue weighted by Gasteiger charge is -2.22. The van der Waals surface area contributed by atoms with Gasteiger partial charge in [-0.1, -0.05) is 6.42 Å². The molecule has 1 aliphatic heterocycles. The summed E-state index contributed by atoms with van der Waals surface area (Å²) in [5.41, 5.74) is 0. The van der Waals surface area contributed by atoms with Gasteiger partial charge in [-0.3, -0.25) is 0 Å². The number of nitrogens with one attached hydrogen (secondary N) is 1. The Hall–Kier alpha value is -0.240. The highest BCUT2D eigenvalue weighted by molar-refractivity contribution is 7.78. The first-order valence-electron chi connectivity index (χ1n) is 4.20. The lowest BCUT2D eigenvalue weighted by atomic mass is 10.0. The van der Waals surface area contributed by atoms with E-state index >= 15 is 0 Å². The van der Waals surface area contributed by atoms with Crippen LogP contribution in [0.1, 0.15) is 25.7 Å². The van der Waals surface area contributed by atoms with Crippen LogP contribution >= 0.6 is 12.2 Å². The molecule has 1 heterocycles. The predicted molar refractivity (Wildman–Crippen MR) is 50.2 cm³/mol. The van der Waals surface area contributed by atoms with Gasteiger partial charge in [-0.2, -0.15) is 0 Å². The quantitative estimate of drug-likeness (QED) is 0.514. The highest BCUT2D eigenvalue weighted by Crippen LogP contribution is 2.09. The molecular formula is C8H14N2S. The molecule has 1 rings (SSSR count). The third-order valence-corrected chi connectivity index (χ3v) is 2.20. The maximum Gasteiger partial charge on any atom is 0.0584 e. The summed E-state index contributed by atoms with van der Waals surface area (Å²) in [5.74, 6) is 0. The molecule has 2 nitrogen and oxygen atoms in total. The average molecular weight is 170 g/mol. The average Bonchev–Trinajstić information content (AvgIpc) is 2.07. The van der Waals surface area contributed by atoms with E-state index in [1.807, 2.05) is 0 Å². The van der Waals surface area contributed by atoms with E-state index in [2.05, 4.69) is 27.7 Å². The molecule has 1 N–H and O–H groups in total. The molecule has 0 saturated carbocycles. The van der Waals surface area contributed by atoms with Crippen LogP contribution in [-0.4, -0.2) is 24.3 Å². The Balaban J connectivity index is 2.09. The summed E-state index contributed by atoms with van der Waals surface area (Å²) in [4.78, 5) is 3.89. The number of hydrogen-bond donors (Lipinski definition) is 1. The van der Waals surface area contributed by atoms with Gasteiger partial charge in [-0.15, -0.1) is 0 Å². The van der Waals surface area contributed by atoms with Crippen LogP contribution in [0.3, 0.4) is 0 Å². The molecule has 1 saturated heterocycles. The van der Waals surface area contributed by atoms with Crippen molar-refractivity contribution in [1.29, 1.82) is 0 Å². The van der Waals surface area contributed by atoms with Gasteiger partial charge in [0.05, 0.1) is 11.7 Å². The predicted octanol–water partition coefficient (Wildman–Crippen LogP) is 1.62. The lowest BCUT2D eigenvalue weighted by Crippen LogP contribution is -2.34. The van der Waals surface area contributed by atoms with Gasteiger partial charge in [0.15, 0.2) is 0 Å². The summed E-state index contributed by atoms with van der Waals surface area (Å²) in [5, 5.41) is 5.84. The number of aliphatic imine (C=N–C) groups is 1. The van der Waals surface area contributed by atoms with Crippen molar-refractivity contribution in [2.45, 2.75) is 31.7 Å². The third-order valence-electron chi connectivity index (χ3n) is 2.07. The third kappa shape index (κ3) is 3.61. The second kappa shape index (κ2) is 5.42. The van der Waals surface area contributed by atoms with E-state index in [0.29, 0.717) is 6.04 Å². The standard InChI is InChI=1S/C8H14N2S/c11-7-9-6-4-8-3-1-2-5-10-8/h8,10H,1-6H2. The Kier molecular flexibility index (Phi) is 4.36. The van der Waals surface area contributed by atoms with Crippen LogP contribution in [-0.2, 0) is 0 Å². The van der Waals surface area contributed by atoms with E-state index in [1.165, 1.54) is 25.8 Å². The second-order valence-electron chi connectivity index (χ2n) is 2.91. The Morgan fingerprint density at radius 3 is 3.09 bits per heavy atom. The fraction of sp³-hybridized carbons (Fsp3) is 0.875. The minimum Gasteiger partial charge on any atom is -0.314 e. The molecule has 1 aliphatic rings. The van der Waals surface area contributed by atoms with Gasteiger partial charge in [0, 0.05) is 6.04 Å². The molecule has 0 aromatic rings. The van der Waals surface area contributed by atoms with Gasteiger partial charge in [-0.25, -0.2) is 4.99 Å². The van der Waals surface area contributed by atoms with E-state index < -0.39 is 0 Å². The van der Waals surface area contributed by atoms with Crippen molar-refractivity contribution < 1.29 is 0 Å². The van der Waals surface area contributed by atoms with Crippen molar-refractivity contribution in [2.75, 3.05) is 13.1 Å². The van der Waals surface area contributed by atoms with Crippen molar-refractivity contribution in [3.8, 4) is 0 Å². The fourth-order valence-corrected chi connectivity index (χ4v) is 1.53. The molecule has 0 amide bonds. The van der Waals surface area contributed by atoms with Gasteiger partial charge in [0.25, 0.3) is 0 Å². The molecule has 0 spiro atoms. The number of nitrogens with zero attached hydrogens (tertiary/aromatic N) is 1. The van der Waals surface area contributed by atoms with Gasteiger partial charge in [0.1, 0.15) is 0 Å². The monoisotopic (exact) mass is 170 g/mol. The molecule has 1 unspecified atom stereocenters. The molecule has 1 atom stereocenters. The van der Waals surface area contributed by atoms with E-state index in [-0.39, 0.29) is 0 Å². The van der Waals surface area contributed by atoms with Gasteiger partial charge >= 0.3 is 0 Å². The van der Waals surface area contributed by atoms with Crippen molar-refractivity contribution in [1.82, 2.24) is 5.32 Å². The van der Waals surface area contributed by atoms with Gasteiger partial charge in [-0.05, 0) is 38.0 Å². The van der Waals surface area contributed by atoms with E-state index in [4.69, 9.17) is 0 Å². The Morgan fingerprint density at radius 2 is 2.45 bits per heavy atom. The van der Waals surface area contributed by atoms with E-state index in [1.54, 1.807) is 0 Å². The largest absolute Gasteiger partial charge is 0.314 e. The molecule has 62 valence electrons. The Bertz CT molecular complexity index is 146. The summed E-state index contributed by atoms with van der Waals surface area (Å²) in [6, 6.07) is 0.677.